The minimum atomic E-state index is -5.10. The first-order valence-electron chi connectivity index (χ1n) is 48.2. The van der Waals surface area contributed by atoms with E-state index in [0.717, 1.165) is 138 Å². The van der Waals surface area contributed by atoms with Crippen molar-refractivity contribution in [1.29, 1.82) is 0 Å². The van der Waals surface area contributed by atoms with Crippen LogP contribution in [-0.2, 0) is 68.5 Å². The van der Waals surface area contributed by atoms with Gasteiger partial charge in [-0.2, -0.15) is 13.2 Å². The molecule has 0 spiro atoms. The number of aliphatic hydroxyl groups excluding tert-OH is 5. The minimum absolute atomic E-state index is 0.00423. The SMILES string of the molecule is CC(F)C(CO)CC(=O)C1C=C2c3cccc4[nH]c(Br)c(c34)CC2N(C)C1.CC(F)C(CO)CC(=O)C1CN(C)C2Cc3cn(C)c4cccc(c34)C2(C)C1.CCC(CO)CC(=O)C1C=C2c3cccc4[nH]c(Br)c(c34)CC2N(C)C1.CN1CC(C(=O)CC(CO)C(C)(F)F)C=C2c3cccc4[nH]c(Br)c(c34)CC21.CN1CC(C(=O)CC(CO)C(F)C(F)(F)F)C=C2c3cccc4[nH]c(Br)c(c34)CC21. The Hall–Kier alpha value is -7.93. The van der Waals surface area contributed by atoms with E-state index < -0.39 is 91.5 Å². The number of fused-ring (bicyclic) bond motifs is 10. The number of hydrogen-bond donors (Lipinski definition) is 9. The highest BCUT2D eigenvalue weighted by atomic mass is 79.9. The molecule has 0 saturated carbocycles. The molecule has 20 nitrogen and oxygen atoms in total. The predicted octanol–water partition coefficient (Wildman–Crippen LogP) is 19.0. The van der Waals surface area contributed by atoms with Crippen LogP contribution in [0.4, 0.5) is 35.1 Å². The van der Waals surface area contributed by atoms with Crippen LogP contribution in [0.1, 0.15) is 135 Å². The summed E-state index contributed by atoms with van der Waals surface area (Å²) in [7, 11) is 12.2. The Labute approximate surface area is 837 Å². The molecule has 746 valence electrons. The summed E-state index contributed by atoms with van der Waals surface area (Å²) in [5, 5.41) is 52.9. The van der Waals surface area contributed by atoms with Gasteiger partial charge < -0.3 is 54.9 Å². The van der Waals surface area contributed by atoms with Crippen molar-refractivity contribution in [1.82, 2.24) is 49.0 Å². The lowest BCUT2D eigenvalue weighted by atomic mass is 9.61. The zero-order chi connectivity index (χ0) is 99.9. The molecule has 5 aromatic heterocycles. The van der Waals surface area contributed by atoms with Gasteiger partial charge in [-0.05, 0) is 272 Å². The third-order valence-corrected chi connectivity index (χ3v) is 34.6. The number of likely N-dealkylation sites (N-methyl/N-ethyl adjacent to an activating group) is 5. The lowest BCUT2D eigenvalue weighted by Gasteiger charge is -2.52. The first kappa shape index (κ1) is 104. The third-order valence-electron chi connectivity index (χ3n) is 31.9. The summed E-state index contributed by atoms with van der Waals surface area (Å²) >= 11 is 14.5. The summed E-state index contributed by atoms with van der Waals surface area (Å²) in [5.41, 5.74) is 22.1. The highest BCUT2D eigenvalue weighted by Crippen LogP contribution is 2.53. The van der Waals surface area contributed by atoms with Gasteiger partial charge in [0.15, 0.2) is 0 Å². The molecule has 10 aliphatic rings. The summed E-state index contributed by atoms with van der Waals surface area (Å²) < 4.78 is 113. The Morgan fingerprint density at radius 1 is 0.439 bits per heavy atom. The summed E-state index contributed by atoms with van der Waals surface area (Å²) in [5.74, 6) is -9.36. The van der Waals surface area contributed by atoms with Crippen molar-refractivity contribution in [3.8, 4) is 0 Å². The second-order valence-corrected chi connectivity index (χ2v) is 44.0. The van der Waals surface area contributed by atoms with Gasteiger partial charge in [0.2, 0.25) is 6.17 Å². The Bertz CT molecular complexity index is 6460. The number of Topliss-reactive ketones (excluding diaryl/α,β-unsaturated/α-hetero) is 5. The number of nitrogens with one attached hydrogen (secondary N) is 4. The number of nitrogens with zero attached hydrogens (tertiary/aromatic N) is 6. The predicted molar refractivity (Wildman–Crippen MR) is 543 cm³/mol. The van der Waals surface area contributed by atoms with Gasteiger partial charge in [0.25, 0.3) is 5.92 Å². The lowest BCUT2D eigenvalue weighted by Crippen LogP contribution is -2.58. The van der Waals surface area contributed by atoms with Crippen LogP contribution in [0.2, 0.25) is 0 Å². The molecule has 19 unspecified atom stereocenters. The maximum Gasteiger partial charge on any atom is 0.420 e. The van der Waals surface area contributed by atoms with E-state index in [1.165, 1.54) is 85.6 Å². The second-order valence-electron chi connectivity index (χ2n) is 40.8. The number of piperidine rings is 1. The van der Waals surface area contributed by atoms with Crippen LogP contribution in [0.5, 0.6) is 0 Å². The summed E-state index contributed by atoms with van der Waals surface area (Å²) in [6.07, 6.45) is 5.33. The van der Waals surface area contributed by atoms with E-state index >= 15 is 0 Å². The normalized spacial score (nSPS) is 24.9. The van der Waals surface area contributed by atoms with E-state index in [0.29, 0.717) is 44.7 Å². The number of likely N-dealkylation sites (tertiary alicyclic amines) is 1. The van der Waals surface area contributed by atoms with Crippen LogP contribution < -0.4 is 0 Å². The molecular formula is C107H124Br4F8N10O10. The largest absolute Gasteiger partial charge is 0.420 e. The third kappa shape index (κ3) is 20.4. The Kier molecular flexibility index (Phi) is 31.4. The molecule has 0 radical (unpaired) electrons. The maximum absolute atomic E-state index is 13.7. The Morgan fingerprint density at radius 2 is 0.784 bits per heavy atom. The first-order chi connectivity index (χ1) is 66.0. The van der Waals surface area contributed by atoms with Gasteiger partial charge in [0.1, 0.15) is 41.3 Å². The van der Waals surface area contributed by atoms with Crippen molar-refractivity contribution in [3.63, 3.8) is 0 Å². The average Bonchev–Trinajstić information content (AvgIpc) is 1.16. The number of ketones is 5. The molecule has 19 atom stereocenters. The molecule has 10 heterocycles. The molecule has 0 bridgehead atoms. The van der Waals surface area contributed by atoms with Crippen molar-refractivity contribution in [2.45, 2.75) is 178 Å². The smallest absolute Gasteiger partial charge is 0.396 e. The fourth-order valence-corrected chi connectivity index (χ4v) is 26.1. The van der Waals surface area contributed by atoms with Crippen LogP contribution in [0.3, 0.4) is 0 Å². The molecule has 5 aliphatic heterocycles. The first-order valence-corrected chi connectivity index (χ1v) is 51.4. The molecule has 9 N–H and O–H groups in total. The molecule has 32 heteroatoms. The van der Waals surface area contributed by atoms with Gasteiger partial charge in [-0.1, -0.05) is 105 Å². The number of aliphatic hydroxyl groups is 5. The molecule has 20 rings (SSSR count). The molecule has 1 fully saturated rings. The monoisotopic (exact) mass is 2180 g/mol. The molecule has 139 heavy (non-hydrogen) atoms. The number of hydrogen-bond acceptors (Lipinski definition) is 15. The van der Waals surface area contributed by atoms with Gasteiger partial charge in [0.05, 0.1) is 30.9 Å². The maximum atomic E-state index is 13.7. The van der Waals surface area contributed by atoms with Crippen LogP contribution in [-0.4, -0.2) is 265 Å². The number of halogens is 12. The van der Waals surface area contributed by atoms with Crippen LogP contribution >= 0.6 is 63.7 Å². The fourth-order valence-electron chi connectivity index (χ4n) is 23.8. The number of carbonyl (C=O) groups excluding carboxylic acids is 5. The van der Waals surface area contributed by atoms with E-state index in [9.17, 15) is 84.6 Å². The number of aromatic nitrogens is 5. The Balaban J connectivity index is 0.000000126. The van der Waals surface area contributed by atoms with E-state index in [-0.39, 0.29) is 109 Å². The summed E-state index contributed by atoms with van der Waals surface area (Å²) in [6, 6.07) is 32.1. The van der Waals surface area contributed by atoms with Crippen LogP contribution in [0.15, 0.2) is 140 Å². The molecule has 0 amide bonds. The number of rotatable bonds is 25. The summed E-state index contributed by atoms with van der Waals surface area (Å²) in [6.45, 7) is 8.60. The topological polar surface area (TPSA) is 271 Å². The van der Waals surface area contributed by atoms with Crippen molar-refractivity contribution in [3.05, 3.63) is 196 Å². The molecule has 5 aliphatic carbocycles. The van der Waals surface area contributed by atoms with E-state index in [4.69, 9.17) is 0 Å². The van der Waals surface area contributed by atoms with E-state index in [1.807, 2.05) is 81.5 Å². The minimum Gasteiger partial charge on any atom is -0.396 e. The summed E-state index contributed by atoms with van der Waals surface area (Å²) in [4.78, 5) is 88.8. The average molecular weight is 2180 g/mol. The number of aromatic amines is 4. The molecule has 5 aromatic carbocycles. The van der Waals surface area contributed by atoms with Crippen molar-refractivity contribution < 1.29 is 84.6 Å². The fraction of sp³-hybridized carbons (Fsp3) is 0.505. The van der Waals surface area contributed by atoms with Crippen molar-refractivity contribution in [2.24, 2.45) is 66.2 Å². The zero-order valence-electron chi connectivity index (χ0n) is 80.0. The quantitative estimate of drug-likeness (QED) is 0.0241. The lowest BCUT2D eigenvalue weighted by molar-refractivity contribution is -0.198. The van der Waals surface area contributed by atoms with Gasteiger partial charge >= 0.3 is 6.18 Å². The van der Waals surface area contributed by atoms with Crippen molar-refractivity contribution >= 4 is 169 Å². The number of carbonyl (C=O) groups is 5. The second kappa shape index (κ2) is 42.0. The van der Waals surface area contributed by atoms with Gasteiger partial charge in [-0.3, -0.25) is 43.6 Å². The van der Waals surface area contributed by atoms with Gasteiger partial charge in [-0.25, -0.2) is 22.0 Å². The molecule has 1 saturated heterocycles. The van der Waals surface area contributed by atoms with Gasteiger partial charge in [-0.15, -0.1) is 0 Å². The number of H-pyrrole nitrogens is 4. The zero-order valence-corrected chi connectivity index (χ0v) is 86.3. The van der Waals surface area contributed by atoms with E-state index in [2.05, 4.69) is 209 Å². The Morgan fingerprint density at radius 3 is 1.12 bits per heavy atom. The highest BCUT2D eigenvalue weighted by Gasteiger charge is 2.52. The van der Waals surface area contributed by atoms with Gasteiger partial charge in [0, 0.05) is 242 Å². The molecular weight excluding hydrogens is 2060 g/mol. The number of alkyl halides is 8. The number of aryl methyl sites for hydroxylation is 1. The molecule has 10 aromatic rings. The highest BCUT2D eigenvalue weighted by molar-refractivity contribution is 9.11. The van der Waals surface area contributed by atoms with Crippen LogP contribution in [0.25, 0.3) is 76.8 Å². The number of benzene rings is 5. The van der Waals surface area contributed by atoms with E-state index in [1.54, 1.807) is 0 Å². The standard InChI is InChI=1S/C23H31FN2O2.C21H21BrF4N2O2.C21H23BrF2N2O2.C21H24BrFN2O2.C21H25BrN2O2/c1-14(24)16(13-27)8-20(28)17-10-23(2)18-6-5-7-19-22(18)15(11-25(19)3)9-21(23)26(4)12-17;1-28-8-10(17(30)6-11(9-29)19(23)21(24,25)26)5-13-12-3-2-4-15-18(12)14(7-16(13)28)20(22)27-15;1-21(23,24)12(10-27)7-18(28)11-6-14-13-4-3-5-16-19(13)15(20(22)25-16)8-17(14)26(2)9-11;1-11(23)13(10-26)7-19(27)12-6-15-14-4-3-5-17-20(14)16(21(22)24-17)8-18(15)25(2)9-12;1-3-12(11-25)7-19(26)13-8-15-14-5-4-6-17-20(14)16(21(22)23-17)9-18(15)24(2)10-13/h5-7,11,14,16-17,21,27H,8-10,12-13H2,1-4H3;2-5,10-11,16,19,27,29H,6-9H2,1H3;3-6,11-12,17,25,27H,7-10H2,1-2H3;3-6,11-13,18,24,26H,7-10H2,1-2H3;4-6,8,12-13,18,23,25H,3,7,9-11H2,1-2H3. The van der Waals surface area contributed by atoms with Crippen LogP contribution in [0, 0.1) is 59.2 Å². The van der Waals surface area contributed by atoms with Crippen molar-refractivity contribution in [2.75, 3.05) is 101 Å².